The summed E-state index contributed by atoms with van der Waals surface area (Å²) in [6.07, 6.45) is 0. The molecule has 0 spiro atoms. The number of furan rings is 1. The first-order valence-electron chi connectivity index (χ1n) is 10.9. The van der Waals surface area contributed by atoms with Gasteiger partial charge in [0, 0.05) is 31.7 Å². The van der Waals surface area contributed by atoms with Crippen molar-refractivity contribution in [2.75, 3.05) is 32.7 Å². The first kappa shape index (κ1) is 24.2. The maximum atomic E-state index is 12.7. The highest BCUT2D eigenvalue weighted by molar-refractivity contribution is 7.89. The average Bonchev–Trinajstić information content (AvgIpc) is 3.40. The summed E-state index contributed by atoms with van der Waals surface area (Å²) >= 11 is 0. The largest absolute Gasteiger partial charge is 0.438 e. The van der Waals surface area contributed by atoms with Crippen LogP contribution in [0.1, 0.15) is 20.9 Å². The summed E-state index contributed by atoms with van der Waals surface area (Å²) in [6.45, 7) is 0.212. The SMILES string of the molecule is NC(=O)c1ccc(S(=O)(=O)N2CCN(C(=O)CNC(=O)c3ccc(-c4ccccc4)cc3)CC2)o1. The van der Waals surface area contributed by atoms with Crippen molar-refractivity contribution in [1.29, 1.82) is 0 Å². The second-order valence-electron chi connectivity index (χ2n) is 7.89. The van der Waals surface area contributed by atoms with Gasteiger partial charge in [-0.1, -0.05) is 42.5 Å². The Morgan fingerprint density at radius 3 is 2.09 bits per heavy atom. The smallest absolute Gasteiger partial charge is 0.284 e. The van der Waals surface area contributed by atoms with Crippen LogP contribution in [0.5, 0.6) is 0 Å². The topological polar surface area (TPSA) is 143 Å². The van der Waals surface area contributed by atoms with Crippen molar-refractivity contribution in [3.8, 4) is 11.1 Å². The predicted molar refractivity (Wildman–Crippen MR) is 127 cm³/mol. The van der Waals surface area contributed by atoms with Gasteiger partial charge in [0.1, 0.15) is 0 Å². The fourth-order valence-corrected chi connectivity index (χ4v) is 5.04. The Bertz CT molecular complexity index is 1330. The molecule has 1 aliphatic rings. The molecular formula is C24H24N4O6S. The van der Waals surface area contributed by atoms with E-state index in [1.165, 1.54) is 21.3 Å². The van der Waals surface area contributed by atoms with E-state index in [1.807, 2.05) is 42.5 Å². The molecule has 182 valence electrons. The number of nitrogens with one attached hydrogen (secondary N) is 1. The lowest BCUT2D eigenvalue weighted by Crippen LogP contribution is -2.52. The van der Waals surface area contributed by atoms with Crippen LogP contribution in [-0.2, 0) is 14.8 Å². The van der Waals surface area contributed by atoms with Crippen LogP contribution in [-0.4, -0.2) is 68.1 Å². The van der Waals surface area contributed by atoms with Crippen LogP contribution in [0.4, 0.5) is 0 Å². The van der Waals surface area contributed by atoms with Gasteiger partial charge in [-0.05, 0) is 35.4 Å². The average molecular weight is 497 g/mol. The Morgan fingerprint density at radius 1 is 0.857 bits per heavy atom. The zero-order chi connectivity index (χ0) is 25.0. The number of benzene rings is 2. The van der Waals surface area contributed by atoms with Gasteiger partial charge in [-0.25, -0.2) is 8.42 Å². The summed E-state index contributed by atoms with van der Waals surface area (Å²) in [5.41, 5.74) is 7.55. The summed E-state index contributed by atoms with van der Waals surface area (Å²) in [5.74, 6) is -1.80. The number of nitrogens with two attached hydrogens (primary N) is 1. The second-order valence-corrected chi connectivity index (χ2v) is 9.76. The number of primary amides is 1. The fraction of sp³-hybridized carbons (Fsp3) is 0.208. The summed E-state index contributed by atoms with van der Waals surface area (Å²) in [6, 6.07) is 19.2. The van der Waals surface area contributed by atoms with Crippen molar-refractivity contribution in [2.45, 2.75) is 5.09 Å². The summed E-state index contributed by atoms with van der Waals surface area (Å²) < 4.78 is 31.6. The Balaban J connectivity index is 1.28. The van der Waals surface area contributed by atoms with Gasteiger partial charge in [0.25, 0.3) is 21.8 Å². The van der Waals surface area contributed by atoms with Gasteiger partial charge < -0.3 is 20.4 Å². The third-order valence-electron chi connectivity index (χ3n) is 5.66. The summed E-state index contributed by atoms with van der Waals surface area (Å²) in [4.78, 5) is 37.7. The standard InChI is InChI=1S/C24H24N4O6S/c25-23(30)20-10-11-22(34-20)35(32,33)28-14-12-27(13-15-28)21(29)16-26-24(31)19-8-6-18(7-9-19)17-4-2-1-3-5-17/h1-11H,12-16H2,(H2,25,30)(H,26,31). The van der Waals surface area contributed by atoms with E-state index < -0.39 is 15.9 Å². The molecule has 3 aromatic rings. The second kappa shape index (κ2) is 10.1. The molecule has 3 N–H and O–H groups in total. The number of carbonyl (C=O) groups excluding carboxylic acids is 3. The van der Waals surface area contributed by atoms with E-state index in [0.29, 0.717) is 5.56 Å². The quantitative estimate of drug-likeness (QED) is 0.505. The van der Waals surface area contributed by atoms with Crippen molar-refractivity contribution < 1.29 is 27.2 Å². The minimum absolute atomic E-state index is 0.0512. The number of hydrogen-bond donors (Lipinski definition) is 2. The molecule has 1 aromatic heterocycles. The van der Waals surface area contributed by atoms with Crippen LogP contribution in [0.2, 0.25) is 0 Å². The number of sulfonamides is 1. The highest BCUT2D eigenvalue weighted by Crippen LogP contribution is 2.21. The lowest BCUT2D eigenvalue weighted by molar-refractivity contribution is -0.131. The number of rotatable bonds is 7. The van der Waals surface area contributed by atoms with Gasteiger partial charge in [0.2, 0.25) is 11.0 Å². The molecule has 2 heterocycles. The fourth-order valence-electron chi connectivity index (χ4n) is 3.71. The summed E-state index contributed by atoms with van der Waals surface area (Å²) in [5, 5.41) is 2.24. The van der Waals surface area contributed by atoms with Gasteiger partial charge in [-0.3, -0.25) is 14.4 Å². The van der Waals surface area contributed by atoms with E-state index in [2.05, 4.69) is 5.32 Å². The Hall–Kier alpha value is -3.96. The van der Waals surface area contributed by atoms with Crippen LogP contribution in [0.25, 0.3) is 11.1 Å². The number of carbonyl (C=O) groups is 3. The molecule has 35 heavy (non-hydrogen) atoms. The van der Waals surface area contributed by atoms with Crippen LogP contribution in [0, 0.1) is 0 Å². The van der Waals surface area contributed by atoms with Gasteiger partial charge >= 0.3 is 0 Å². The molecular weight excluding hydrogens is 472 g/mol. The van der Waals surface area contributed by atoms with Crippen LogP contribution in [0.3, 0.4) is 0 Å². The van der Waals surface area contributed by atoms with Crippen molar-refractivity contribution in [3.05, 3.63) is 78.1 Å². The molecule has 2 aromatic carbocycles. The number of nitrogens with zero attached hydrogens (tertiary/aromatic N) is 2. The molecule has 10 nitrogen and oxygen atoms in total. The van der Waals surface area contributed by atoms with E-state index in [4.69, 9.17) is 10.2 Å². The molecule has 0 atom stereocenters. The van der Waals surface area contributed by atoms with Crippen LogP contribution in [0.15, 0.2) is 76.2 Å². The monoisotopic (exact) mass is 496 g/mol. The van der Waals surface area contributed by atoms with E-state index in [1.54, 1.807) is 12.1 Å². The third-order valence-corrected chi connectivity index (χ3v) is 7.44. The Labute approximate surface area is 202 Å². The lowest BCUT2D eigenvalue weighted by atomic mass is 10.0. The molecule has 0 radical (unpaired) electrons. The number of hydrogen-bond acceptors (Lipinski definition) is 6. The minimum atomic E-state index is -3.96. The molecule has 11 heteroatoms. The van der Waals surface area contributed by atoms with Gasteiger partial charge in [0.05, 0.1) is 6.54 Å². The molecule has 0 saturated carbocycles. The Morgan fingerprint density at radius 2 is 1.49 bits per heavy atom. The van der Waals surface area contributed by atoms with E-state index in [9.17, 15) is 22.8 Å². The van der Waals surface area contributed by atoms with Crippen LogP contribution >= 0.6 is 0 Å². The zero-order valence-corrected chi connectivity index (χ0v) is 19.5. The van der Waals surface area contributed by atoms with Crippen LogP contribution < -0.4 is 11.1 Å². The third kappa shape index (κ3) is 5.42. The number of amides is 3. The highest BCUT2D eigenvalue weighted by atomic mass is 32.2. The van der Waals surface area contributed by atoms with E-state index in [0.717, 1.165) is 11.1 Å². The highest BCUT2D eigenvalue weighted by Gasteiger charge is 2.32. The van der Waals surface area contributed by atoms with Gasteiger partial charge in [-0.15, -0.1) is 0 Å². The van der Waals surface area contributed by atoms with E-state index in [-0.39, 0.29) is 55.4 Å². The molecule has 1 aliphatic heterocycles. The molecule has 4 rings (SSSR count). The van der Waals surface area contributed by atoms with Crippen molar-refractivity contribution in [1.82, 2.24) is 14.5 Å². The first-order chi connectivity index (χ1) is 16.8. The van der Waals surface area contributed by atoms with Crippen molar-refractivity contribution in [3.63, 3.8) is 0 Å². The Kier molecular flexibility index (Phi) is 6.99. The maximum Gasteiger partial charge on any atom is 0.284 e. The predicted octanol–water partition coefficient (Wildman–Crippen LogP) is 1.31. The molecule has 0 unspecified atom stereocenters. The van der Waals surface area contributed by atoms with Gasteiger partial charge in [-0.2, -0.15) is 4.31 Å². The number of piperazine rings is 1. The lowest BCUT2D eigenvalue weighted by Gasteiger charge is -2.33. The normalized spacial score (nSPS) is 14.5. The molecule has 1 saturated heterocycles. The van der Waals surface area contributed by atoms with Crippen molar-refractivity contribution in [2.24, 2.45) is 5.73 Å². The van der Waals surface area contributed by atoms with Crippen molar-refractivity contribution >= 4 is 27.7 Å². The van der Waals surface area contributed by atoms with E-state index >= 15 is 0 Å². The van der Waals surface area contributed by atoms with Gasteiger partial charge in [0.15, 0.2) is 5.76 Å². The molecule has 3 amide bonds. The molecule has 0 aliphatic carbocycles. The minimum Gasteiger partial charge on any atom is -0.438 e. The zero-order valence-electron chi connectivity index (χ0n) is 18.7. The molecule has 0 bridgehead atoms. The molecule has 1 fully saturated rings. The summed E-state index contributed by atoms with van der Waals surface area (Å²) in [7, 11) is -3.96. The first-order valence-corrected chi connectivity index (χ1v) is 12.3. The maximum absolute atomic E-state index is 12.7.